The molecule has 0 aromatic carbocycles. The molecule has 180 valence electrons. The number of halogens is 2. The number of nitrogens with two attached hydrogens (primary N) is 1. The summed E-state index contributed by atoms with van der Waals surface area (Å²) >= 11 is 1.48. The van der Waals surface area contributed by atoms with Gasteiger partial charge in [0.15, 0.2) is 5.76 Å². The van der Waals surface area contributed by atoms with Crippen LogP contribution in [0.3, 0.4) is 0 Å². The third kappa shape index (κ3) is 5.44. The quantitative estimate of drug-likeness (QED) is 0.356. The summed E-state index contributed by atoms with van der Waals surface area (Å²) in [6.07, 6.45) is 10.6. The van der Waals surface area contributed by atoms with Gasteiger partial charge in [-0.25, -0.2) is 8.78 Å². The molecule has 1 aliphatic heterocycles. The number of thiophene rings is 1. The predicted molar refractivity (Wildman–Crippen MR) is 128 cm³/mol. The van der Waals surface area contributed by atoms with E-state index in [9.17, 15) is 8.78 Å². The van der Waals surface area contributed by atoms with E-state index < -0.39 is 12.5 Å². The van der Waals surface area contributed by atoms with Crippen molar-refractivity contribution in [2.75, 3.05) is 13.2 Å². The zero-order valence-electron chi connectivity index (χ0n) is 18.9. The molecule has 0 bridgehead atoms. The number of ether oxygens (including phenoxy) is 2. The lowest BCUT2D eigenvalue weighted by Gasteiger charge is -2.23. The fraction of sp³-hybridized carbons (Fsp3) is 0.458. The van der Waals surface area contributed by atoms with Crippen LogP contribution >= 0.6 is 11.3 Å². The Labute approximate surface area is 200 Å². The maximum absolute atomic E-state index is 13.4. The van der Waals surface area contributed by atoms with E-state index in [1.165, 1.54) is 16.0 Å². The molecular formula is C24H27F2N5O2S. The molecule has 1 saturated carbocycles. The lowest BCUT2D eigenvalue weighted by Crippen LogP contribution is -2.24. The Kier molecular flexibility index (Phi) is 6.35. The Bertz CT molecular complexity index is 1220. The smallest absolute Gasteiger partial charge is 0.264 e. The largest absolute Gasteiger partial charge is 0.452 e. The molecule has 5 rings (SSSR count). The normalized spacial score (nSPS) is 18.6. The molecule has 1 saturated heterocycles. The van der Waals surface area contributed by atoms with Crippen molar-refractivity contribution in [3.63, 3.8) is 0 Å². The Hall–Kier alpha value is -2.85. The highest BCUT2D eigenvalue weighted by Gasteiger charge is 2.24. The van der Waals surface area contributed by atoms with E-state index in [1.54, 1.807) is 24.8 Å². The SMILES string of the molecule is CC(F)(F)Cn1cc(-c2cc3nccc(OC(C=NC4CC4)=C(N)C4CCOCC4)c3s2)cn1. The van der Waals surface area contributed by atoms with Crippen molar-refractivity contribution in [3.05, 3.63) is 42.2 Å². The van der Waals surface area contributed by atoms with Crippen LogP contribution in [0.15, 0.2) is 47.2 Å². The monoisotopic (exact) mass is 487 g/mol. The second-order valence-electron chi connectivity index (χ2n) is 8.95. The van der Waals surface area contributed by atoms with Crippen molar-refractivity contribution >= 4 is 27.8 Å². The minimum atomic E-state index is -2.83. The molecule has 3 aromatic rings. The molecule has 0 spiro atoms. The van der Waals surface area contributed by atoms with Crippen LogP contribution in [0.4, 0.5) is 8.78 Å². The summed E-state index contributed by atoms with van der Waals surface area (Å²) in [4.78, 5) is 9.95. The van der Waals surface area contributed by atoms with Crippen LogP contribution in [0.1, 0.15) is 32.6 Å². The van der Waals surface area contributed by atoms with Gasteiger partial charge in [0.25, 0.3) is 5.92 Å². The maximum Gasteiger partial charge on any atom is 0.264 e. The van der Waals surface area contributed by atoms with Gasteiger partial charge < -0.3 is 15.2 Å². The summed E-state index contributed by atoms with van der Waals surface area (Å²) in [5, 5.41) is 4.08. The van der Waals surface area contributed by atoms with Crippen LogP contribution in [-0.2, 0) is 11.3 Å². The zero-order chi connectivity index (χ0) is 23.7. The number of allylic oxidation sites excluding steroid dienone is 2. The number of pyridine rings is 1. The highest BCUT2D eigenvalue weighted by molar-refractivity contribution is 7.22. The van der Waals surface area contributed by atoms with E-state index in [1.807, 2.05) is 12.1 Å². The van der Waals surface area contributed by atoms with Gasteiger partial charge in [0.1, 0.15) is 12.3 Å². The number of aromatic nitrogens is 3. The molecule has 4 heterocycles. The van der Waals surface area contributed by atoms with Gasteiger partial charge in [0, 0.05) is 55.0 Å². The number of aliphatic imine (C=N–C) groups is 1. The first-order valence-electron chi connectivity index (χ1n) is 11.4. The molecule has 2 fully saturated rings. The highest BCUT2D eigenvalue weighted by Crippen LogP contribution is 2.38. The first kappa shape index (κ1) is 22.9. The lowest BCUT2D eigenvalue weighted by atomic mass is 9.96. The molecule has 2 aliphatic rings. The van der Waals surface area contributed by atoms with Crippen LogP contribution in [-0.4, -0.2) is 46.2 Å². The van der Waals surface area contributed by atoms with E-state index in [2.05, 4.69) is 15.1 Å². The molecule has 0 amide bonds. The molecule has 0 unspecified atom stereocenters. The molecule has 1 aliphatic carbocycles. The van der Waals surface area contributed by atoms with E-state index in [4.69, 9.17) is 15.2 Å². The summed E-state index contributed by atoms with van der Waals surface area (Å²) in [5.41, 5.74) is 8.77. The molecule has 10 heteroatoms. The second-order valence-corrected chi connectivity index (χ2v) is 10.0. The molecular weight excluding hydrogens is 460 g/mol. The number of hydrogen-bond acceptors (Lipinski definition) is 7. The number of alkyl halides is 2. The molecule has 0 atom stereocenters. The number of nitrogens with zero attached hydrogens (tertiary/aromatic N) is 4. The van der Waals surface area contributed by atoms with Gasteiger partial charge in [-0.3, -0.25) is 14.7 Å². The summed E-state index contributed by atoms with van der Waals surface area (Å²) in [6.45, 7) is 1.78. The number of fused-ring (bicyclic) bond motifs is 1. The van der Waals surface area contributed by atoms with Gasteiger partial charge in [-0.05, 0) is 31.7 Å². The predicted octanol–water partition coefficient (Wildman–Crippen LogP) is 5.02. The van der Waals surface area contributed by atoms with Gasteiger partial charge in [-0.2, -0.15) is 5.10 Å². The third-order valence-corrected chi connectivity index (χ3v) is 7.04. The molecule has 0 radical (unpaired) electrons. The number of hydrogen-bond donors (Lipinski definition) is 1. The van der Waals surface area contributed by atoms with Crippen molar-refractivity contribution in [1.29, 1.82) is 0 Å². The van der Waals surface area contributed by atoms with E-state index in [0.29, 0.717) is 36.5 Å². The minimum Gasteiger partial charge on any atom is -0.452 e. The summed E-state index contributed by atoms with van der Waals surface area (Å²) in [5.74, 6) is -1.44. The highest BCUT2D eigenvalue weighted by atomic mass is 32.1. The first-order chi connectivity index (χ1) is 16.4. The summed E-state index contributed by atoms with van der Waals surface area (Å²) in [6, 6.07) is 4.08. The molecule has 34 heavy (non-hydrogen) atoms. The fourth-order valence-corrected chi connectivity index (χ4v) is 4.92. The second kappa shape index (κ2) is 9.42. The molecule has 2 N–H and O–H groups in total. The Morgan fingerprint density at radius 1 is 1.35 bits per heavy atom. The van der Waals surface area contributed by atoms with Crippen molar-refractivity contribution in [1.82, 2.24) is 14.8 Å². The summed E-state index contributed by atoms with van der Waals surface area (Å²) in [7, 11) is 0. The topological polar surface area (TPSA) is 87.5 Å². The Morgan fingerprint density at radius 2 is 2.15 bits per heavy atom. The third-order valence-electron chi connectivity index (χ3n) is 5.85. The van der Waals surface area contributed by atoms with Crippen LogP contribution in [0, 0.1) is 5.92 Å². The van der Waals surface area contributed by atoms with Crippen molar-refractivity contribution in [3.8, 4) is 16.2 Å². The van der Waals surface area contributed by atoms with Crippen LogP contribution in [0.25, 0.3) is 20.7 Å². The Morgan fingerprint density at radius 3 is 2.88 bits per heavy atom. The summed E-state index contributed by atoms with van der Waals surface area (Å²) < 4.78 is 40.7. The molecule has 7 nitrogen and oxygen atoms in total. The van der Waals surface area contributed by atoms with E-state index >= 15 is 0 Å². The van der Waals surface area contributed by atoms with Crippen molar-refractivity contribution in [2.24, 2.45) is 16.6 Å². The van der Waals surface area contributed by atoms with Gasteiger partial charge in [0.05, 0.1) is 34.4 Å². The van der Waals surface area contributed by atoms with Crippen LogP contribution in [0.2, 0.25) is 0 Å². The van der Waals surface area contributed by atoms with Crippen LogP contribution < -0.4 is 10.5 Å². The Balaban J connectivity index is 1.45. The average molecular weight is 488 g/mol. The van der Waals surface area contributed by atoms with Gasteiger partial charge in [-0.15, -0.1) is 11.3 Å². The van der Waals surface area contributed by atoms with Gasteiger partial charge in [0.2, 0.25) is 0 Å². The van der Waals surface area contributed by atoms with Gasteiger partial charge in [-0.1, -0.05) is 0 Å². The minimum absolute atomic E-state index is 0.188. The van der Waals surface area contributed by atoms with Crippen molar-refractivity contribution in [2.45, 2.75) is 51.1 Å². The standard InChI is InChI=1S/C24H27F2N5O2S/c1-24(25,26)14-31-13-16(11-30-31)21-10-18-23(34-21)19(4-7-28-18)33-20(12-29-17-2-3-17)22(27)15-5-8-32-9-6-15/h4,7,10-13,15,17H,2-3,5-6,8-9,14,27H2,1H3. The fourth-order valence-electron chi connectivity index (χ4n) is 3.88. The lowest BCUT2D eigenvalue weighted by molar-refractivity contribution is 0.000603. The zero-order valence-corrected chi connectivity index (χ0v) is 19.7. The number of rotatable bonds is 8. The maximum atomic E-state index is 13.4. The van der Waals surface area contributed by atoms with Gasteiger partial charge >= 0.3 is 0 Å². The van der Waals surface area contributed by atoms with E-state index in [0.717, 1.165) is 53.3 Å². The first-order valence-corrected chi connectivity index (χ1v) is 12.2. The van der Waals surface area contributed by atoms with E-state index in [-0.39, 0.29) is 5.92 Å². The van der Waals surface area contributed by atoms with Crippen molar-refractivity contribution < 1.29 is 18.3 Å². The molecule has 3 aromatic heterocycles. The average Bonchev–Trinajstić information content (AvgIpc) is 3.35. The van der Waals surface area contributed by atoms with Crippen LogP contribution in [0.5, 0.6) is 5.75 Å².